The molecule has 1 aromatic heterocycles. The standard InChI is InChI=1S/C21H20N4O3S/c1-13-7-9-14(10-8-13)21(2)19(27)25(20(28)24-21)12-17(26)22-11-18-23-15-5-3-4-6-16(15)29-18/h3-10H,11-12H2,1-2H3,(H,22,26)(H,24,28). The second-order valence-electron chi connectivity index (χ2n) is 7.16. The second kappa shape index (κ2) is 7.29. The van der Waals surface area contributed by atoms with Gasteiger partial charge in [-0.15, -0.1) is 11.3 Å². The van der Waals surface area contributed by atoms with Gasteiger partial charge in [-0.2, -0.15) is 0 Å². The van der Waals surface area contributed by atoms with Gasteiger partial charge in [-0.3, -0.25) is 14.5 Å². The van der Waals surface area contributed by atoms with E-state index in [9.17, 15) is 14.4 Å². The Morgan fingerprint density at radius 3 is 2.62 bits per heavy atom. The lowest BCUT2D eigenvalue weighted by Crippen LogP contribution is -2.43. The number of amides is 4. The van der Waals surface area contributed by atoms with Crippen molar-refractivity contribution in [2.24, 2.45) is 0 Å². The van der Waals surface area contributed by atoms with E-state index in [1.807, 2.05) is 55.5 Å². The zero-order valence-electron chi connectivity index (χ0n) is 16.1. The maximum absolute atomic E-state index is 12.9. The molecule has 8 heteroatoms. The Labute approximate surface area is 171 Å². The number of nitrogens with one attached hydrogen (secondary N) is 2. The van der Waals surface area contributed by atoms with E-state index in [4.69, 9.17) is 0 Å². The van der Waals surface area contributed by atoms with Crippen LogP contribution < -0.4 is 10.6 Å². The first-order valence-corrected chi connectivity index (χ1v) is 10.0. The third-order valence-corrected chi connectivity index (χ3v) is 6.02. The lowest BCUT2D eigenvalue weighted by atomic mass is 9.91. The van der Waals surface area contributed by atoms with E-state index in [1.165, 1.54) is 11.3 Å². The van der Waals surface area contributed by atoms with Crippen LogP contribution in [0.15, 0.2) is 48.5 Å². The number of carbonyl (C=O) groups is 3. The summed E-state index contributed by atoms with van der Waals surface area (Å²) in [7, 11) is 0. The Morgan fingerprint density at radius 1 is 1.17 bits per heavy atom. The van der Waals surface area contributed by atoms with Crippen molar-refractivity contribution in [2.45, 2.75) is 25.9 Å². The first kappa shape index (κ1) is 19.1. The molecule has 1 unspecified atom stereocenters. The molecule has 0 bridgehead atoms. The van der Waals surface area contributed by atoms with Crippen molar-refractivity contribution in [1.82, 2.24) is 20.5 Å². The SMILES string of the molecule is Cc1ccc(C2(C)NC(=O)N(CC(=O)NCc3nc4ccccc4s3)C2=O)cc1. The molecule has 2 heterocycles. The molecule has 29 heavy (non-hydrogen) atoms. The number of hydrogen-bond donors (Lipinski definition) is 2. The number of imide groups is 1. The summed E-state index contributed by atoms with van der Waals surface area (Å²) in [5.41, 5.74) is 1.43. The van der Waals surface area contributed by atoms with Crippen molar-refractivity contribution in [3.63, 3.8) is 0 Å². The number of fused-ring (bicyclic) bond motifs is 1. The van der Waals surface area contributed by atoms with Crippen LogP contribution in [0.5, 0.6) is 0 Å². The topological polar surface area (TPSA) is 91.4 Å². The van der Waals surface area contributed by atoms with Gasteiger partial charge in [0.1, 0.15) is 17.1 Å². The Balaban J connectivity index is 1.41. The molecule has 0 spiro atoms. The molecule has 1 atom stereocenters. The van der Waals surface area contributed by atoms with Gasteiger partial charge in [0.15, 0.2) is 0 Å². The zero-order chi connectivity index (χ0) is 20.6. The molecule has 1 saturated heterocycles. The number of urea groups is 1. The number of para-hydroxylation sites is 1. The van der Waals surface area contributed by atoms with Crippen LogP contribution in [0.3, 0.4) is 0 Å². The highest BCUT2D eigenvalue weighted by Gasteiger charge is 2.49. The van der Waals surface area contributed by atoms with Gasteiger partial charge in [-0.05, 0) is 31.5 Å². The number of nitrogens with zero attached hydrogens (tertiary/aromatic N) is 2. The first-order valence-electron chi connectivity index (χ1n) is 9.19. The highest BCUT2D eigenvalue weighted by Crippen LogP contribution is 2.29. The third-order valence-electron chi connectivity index (χ3n) is 4.98. The Bertz CT molecular complexity index is 1080. The van der Waals surface area contributed by atoms with Gasteiger partial charge in [0.05, 0.1) is 16.8 Å². The smallest absolute Gasteiger partial charge is 0.325 e. The summed E-state index contributed by atoms with van der Waals surface area (Å²) in [6, 6.07) is 14.5. The van der Waals surface area contributed by atoms with Crippen molar-refractivity contribution in [2.75, 3.05) is 6.54 Å². The van der Waals surface area contributed by atoms with E-state index < -0.39 is 23.4 Å². The van der Waals surface area contributed by atoms with Gasteiger partial charge in [0.25, 0.3) is 5.91 Å². The fourth-order valence-electron chi connectivity index (χ4n) is 3.29. The molecule has 4 rings (SSSR count). The molecule has 4 amide bonds. The Morgan fingerprint density at radius 2 is 1.90 bits per heavy atom. The van der Waals surface area contributed by atoms with Crippen LogP contribution in [-0.2, 0) is 21.7 Å². The number of aryl methyl sites for hydroxylation is 1. The molecule has 1 aliphatic heterocycles. The molecular weight excluding hydrogens is 388 g/mol. The highest BCUT2D eigenvalue weighted by atomic mass is 32.1. The second-order valence-corrected chi connectivity index (χ2v) is 8.28. The van der Waals surface area contributed by atoms with Gasteiger partial charge in [-0.1, -0.05) is 42.0 Å². The highest BCUT2D eigenvalue weighted by molar-refractivity contribution is 7.18. The molecule has 7 nitrogen and oxygen atoms in total. The van der Waals surface area contributed by atoms with E-state index in [2.05, 4.69) is 15.6 Å². The van der Waals surface area contributed by atoms with Crippen molar-refractivity contribution >= 4 is 39.4 Å². The van der Waals surface area contributed by atoms with E-state index in [0.29, 0.717) is 5.56 Å². The maximum atomic E-state index is 12.9. The van der Waals surface area contributed by atoms with Crippen molar-refractivity contribution in [1.29, 1.82) is 0 Å². The number of aromatic nitrogens is 1. The summed E-state index contributed by atoms with van der Waals surface area (Å²) < 4.78 is 1.04. The molecular formula is C21H20N4O3S. The molecule has 3 aromatic rings. The summed E-state index contributed by atoms with van der Waals surface area (Å²) in [4.78, 5) is 43.0. The number of carbonyl (C=O) groups excluding carboxylic acids is 3. The molecule has 0 aliphatic carbocycles. The summed E-state index contributed by atoms with van der Waals surface area (Å²) >= 11 is 1.50. The minimum Gasteiger partial charge on any atom is -0.348 e. The number of rotatable bonds is 5. The predicted molar refractivity (Wildman–Crippen MR) is 110 cm³/mol. The minimum absolute atomic E-state index is 0.247. The lowest BCUT2D eigenvalue weighted by molar-refractivity contribution is -0.134. The van der Waals surface area contributed by atoms with Crippen LogP contribution >= 0.6 is 11.3 Å². The number of hydrogen-bond acceptors (Lipinski definition) is 5. The fraction of sp³-hybridized carbons (Fsp3) is 0.238. The average Bonchev–Trinajstić information content (AvgIpc) is 3.21. The minimum atomic E-state index is -1.18. The van der Waals surface area contributed by atoms with Crippen molar-refractivity contribution in [3.05, 3.63) is 64.7 Å². The van der Waals surface area contributed by atoms with E-state index >= 15 is 0 Å². The summed E-state index contributed by atoms with van der Waals surface area (Å²) in [5.74, 6) is -0.859. The van der Waals surface area contributed by atoms with Crippen LogP contribution in [0.4, 0.5) is 4.79 Å². The monoisotopic (exact) mass is 408 g/mol. The molecule has 1 fully saturated rings. The van der Waals surface area contributed by atoms with Crippen LogP contribution in [0, 0.1) is 6.92 Å². The van der Waals surface area contributed by atoms with Crippen molar-refractivity contribution < 1.29 is 14.4 Å². The van der Waals surface area contributed by atoms with Crippen LogP contribution in [0.25, 0.3) is 10.2 Å². The fourth-order valence-corrected chi connectivity index (χ4v) is 4.20. The van der Waals surface area contributed by atoms with Crippen LogP contribution in [-0.4, -0.2) is 34.3 Å². The number of benzene rings is 2. The van der Waals surface area contributed by atoms with Gasteiger partial charge in [0, 0.05) is 0 Å². The molecule has 1 aliphatic rings. The van der Waals surface area contributed by atoms with E-state index in [0.717, 1.165) is 25.7 Å². The maximum Gasteiger partial charge on any atom is 0.325 e. The summed E-state index contributed by atoms with van der Waals surface area (Å²) in [5, 5.41) is 6.21. The van der Waals surface area contributed by atoms with E-state index in [-0.39, 0.29) is 13.1 Å². The Hall–Kier alpha value is -3.26. The van der Waals surface area contributed by atoms with Crippen molar-refractivity contribution in [3.8, 4) is 0 Å². The van der Waals surface area contributed by atoms with Gasteiger partial charge in [0.2, 0.25) is 5.91 Å². The zero-order valence-corrected chi connectivity index (χ0v) is 16.9. The normalized spacial score (nSPS) is 18.9. The summed E-state index contributed by atoms with van der Waals surface area (Å²) in [6.07, 6.45) is 0. The molecule has 0 saturated carbocycles. The third kappa shape index (κ3) is 3.58. The molecule has 148 valence electrons. The molecule has 2 aromatic carbocycles. The van der Waals surface area contributed by atoms with Gasteiger partial charge >= 0.3 is 6.03 Å². The van der Waals surface area contributed by atoms with Gasteiger partial charge in [-0.25, -0.2) is 9.78 Å². The van der Waals surface area contributed by atoms with Gasteiger partial charge < -0.3 is 10.6 Å². The van der Waals surface area contributed by atoms with Crippen LogP contribution in [0.2, 0.25) is 0 Å². The van der Waals surface area contributed by atoms with Crippen LogP contribution in [0.1, 0.15) is 23.1 Å². The Kier molecular flexibility index (Phi) is 4.79. The molecule has 2 N–H and O–H groups in total. The largest absolute Gasteiger partial charge is 0.348 e. The number of thiazole rings is 1. The average molecular weight is 408 g/mol. The quantitative estimate of drug-likeness (QED) is 0.635. The molecule has 0 radical (unpaired) electrons. The predicted octanol–water partition coefficient (Wildman–Crippen LogP) is 2.69. The summed E-state index contributed by atoms with van der Waals surface area (Å²) in [6.45, 7) is 3.51. The van der Waals surface area contributed by atoms with E-state index in [1.54, 1.807) is 6.92 Å². The lowest BCUT2D eigenvalue weighted by Gasteiger charge is -2.22. The first-order chi connectivity index (χ1) is 13.9.